The van der Waals surface area contributed by atoms with E-state index in [0.717, 1.165) is 11.6 Å². The van der Waals surface area contributed by atoms with E-state index in [1.165, 1.54) is 32.4 Å². The number of halogens is 3. The molecule has 0 aliphatic rings. The Morgan fingerprint density at radius 3 is 2.44 bits per heavy atom. The summed E-state index contributed by atoms with van der Waals surface area (Å²) in [5, 5.41) is 12.6. The molecule has 5 nitrogen and oxygen atoms in total. The van der Waals surface area contributed by atoms with Crippen LogP contribution in [0.2, 0.25) is 0 Å². The monoisotopic (exact) mass is 450 g/mol. The van der Waals surface area contributed by atoms with Crippen LogP contribution in [0.15, 0.2) is 81.0 Å². The minimum atomic E-state index is -4.70. The first-order valence-electron chi connectivity index (χ1n) is 9.96. The number of carbonyl (C=O) groups excluding carboxylic acids is 1. The number of nitrogens with one attached hydrogen (secondary N) is 1. The average Bonchev–Trinajstić information content (AvgIpc) is 3.24. The molecule has 1 rings (SSSR count). The molecule has 0 spiro atoms. The molecule has 0 fully saturated rings. The molecule has 8 heteroatoms. The fraction of sp³-hybridized carbons (Fsp3) is 0.333. The lowest BCUT2D eigenvalue weighted by Gasteiger charge is -2.14. The molecule has 1 aromatic rings. The van der Waals surface area contributed by atoms with Crippen molar-refractivity contribution in [1.29, 1.82) is 0 Å². The summed E-state index contributed by atoms with van der Waals surface area (Å²) in [6.07, 6.45) is 5.63. The van der Waals surface area contributed by atoms with E-state index in [1.54, 1.807) is 13.0 Å². The number of amides is 1. The Kier molecular flexibility index (Phi) is 10.5. The Morgan fingerprint density at radius 2 is 1.94 bits per heavy atom. The number of carbonyl (C=O) groups is 1. The minimum absolute atomic E-state index is 0.143. The van der Waals surface area contributed by atoms with Gasteiger partial charge >= 0.3 is 6.18 Å². The van der Waals surface area contributed by atoms with Gasteiger partial charge in [0.15, 0.2) is 0 Å². The van der Waals surface area contributed by atoms with E-state index in [1.807, 2.05) is 32.1 Å². The van der Waals surface area contributed by atoms with Crippen LogP contribution in [-0.4, -0.2) is 29.4 Å². The maximum atomic E-state index is 13.8. The summed E-state index contributed by atoms with van der Waals surface area (Å²) in [5.74, 6) is -0.799. The van der Waals surface area contributed by atoms with Crippen LogP contribution in [0, 0.1) is 0 Å². The summed E-state index contributed by atoms with van der Waals surface area (Å²) in [5.41, 5.74) is 0.167. The molecular formula is C24H29F3N2O3. The first-order valence-corrected chi connectivity index (χ1v) is 9.96. The maximum absolute atomic E-state index is 13.8. The number of hydrogen-bond donors (Lipinski definition) is 2. The summed E-state index contributed by atoms with van der Waals surface area (Å²) >= 11 is 0. The van der Waals surface area contributed by atoms with Crippen LogP contribution in [0.3, 0.4) is 0 Å². The molecule has 0 saturated carbocycles. The van der Waals surface area contributed by atoms with E-state index in [2.05, 4.69) is 10.3 Å². The third kappa shape index (κ3) is 8.83. The summed E-state index contributed by atoms with van der Waals surface area (Å²) in [7, 11) is 0. The van der Waals surface area contributed by atoms with Crippen LogP contribution in [0.5, 0.6) is 0 Å². The molecule has 32 heavy (non-hydrogen) atoms. The van der Waals surface area contributed by atoms with Crippen LogP contribution in [0.4, 0.5) is 13.2 Å². The number of rotatable bonds is 9. The van der Waals surface area contributed by atoms with Gasteiger partial charge < -0.3 is 14.8 Å². The standard InChI is InChI=1S/C24H29F3N2O3/c1-6-8-9-16(3)14-28-23(31)13-22(18(5)30)29-17(4)21(24(25,26)27)12-19(7-2)20-10-11-32-15-20/h6-12,15,30H,13-14H2,1-5H3,(H,28,31)/b8-6-,16-9+,19-7+,21-12+,22-18+,29-17+. The number of allylic oxidation sites excluding steroid dienone is 8. The minimum Gasteiger partial charge on any atom is -0.511 e. The zero-order chi connectivity index (χ0) is 24.3. The van der Waals surface area contributed by atoms with Crippen LogP contribution < -0.4 is 5.32 Å². The Labute approximate surface area is 186 Å². The van der Waals surface area contributed by atoms with E-state index in [4.69, 9.17) is 4.42 Å². The molecule has 1 heterocycles. The molecule has 0 atom stereocenters. The number of aliphatic hydroxyl groups excluding tert-OH is 1. The number of nitrogens with zero attached hydrogens (tertiary/aromatic N) is 1. The Balaban J connectivity index is 3.16. The van der Waals surface area contributed by atoms with Crippen molar-refractivity contribution in [3.8, 4) is 0 Å². The van der Waals surface area contributed by atoms with Crippen LogP contribution >= 0.6 is 0 Å². The van der Waals surface area contributed by atoms with Gasteiger partial charge in [-0.25, -0.2) is 0 Å². The Morgan fingerprint density at radius 1 is 1.25 bits per heavy atom. The fourth-order valence-corrected chi connectivity index (χ4v) is 2.59. The molecule has 2 N–H and O–H groups in total. The van der Waals surface area contributed by atoms with Gasteiger partial charge in [-0.2, -0.15) is 13.2 Å². The number of alkyl halides is 3. The first kappa shape index (κ1) is 26.7. The first-order chi connectivity index (χ1) is 15.0. The lowest BCUT2D eigenvalue weighted by molar-refractivity contribution is -0.120. The van der Waals surface area contributed by atoms with Crippen molar-refractivity contribution >= 4 is 17.2 Å². The largest absolute Gasteiger partial charge is 0.511 e. The van der Waals surface area contributed by atoms with E-state index in [0.29, 0.717) is 11.1 Å². The molecular weight excluding hydrogens is 421 g/mol. The highest BCUT2D eigenvalue weighted by atomic mass is 19.4. The Hall–Kier alpha value is -3.29. The van der Waals surface area contributed by atoms with Gasteiger partial charge in [0.2, 0.25) is 5.91 Å². The zero-order valence-electron chi connectivity index (χ0n) is 18.9. The van der Waals surface area contributed by atoms with Gasteiger partial charge in [-0.1, -0.05) is 29.9 Å². The second-order valence-electron chi connectivity index (χ2n) is 7.03. The summed E-state index contributed by atoms with van der Waals surface area (Å²) in [6, 6.07) is 1.55. The molecule has 0 radical (unpaired) electrons. The van der Waals surface area contributed by atoms with Gasteiger partial charge in [0, 0.05) is 17.8 Å². The van der Waals surface area contributed by atoms with Gasteiger partial charge in [-0.3, -0.25) is 9.79 Å². The summed E-state index contributed by atoms with van der Waals surface area (Å²) in [4.78, 5) is 16.2. The van der Waals surface area contributed by atoms with Crippen LogP contribution in [-0.2, 0) is 4.79 Å². The van der Waals surface area contributed by atoms with Crippen molar-refractivity contribution < 1.29 is 27.5 Å². The quantitative estimate of drug-likeness (QED) is 0.258. The highest BCUT2D eigenvalue weighted by Crippen LogP contribution is 2.31. The third-order valence-corrected chi connectivity index (χ3v) is 4.35. The zero-order valence-corrected chi connectivity index (χ0v) is 18.9. The van der Waals surface area contributed by atoms with Gasteiger partial charge in [0.05, 0.1) is 30.2 Å². The molecule has 0 bridgehead atoms. The lowest BCUT2D eigenvalue weighted by Crippen LogP contribution is -2.25. The molecule has 0 aliphatic carbocycles. The third-order valence-electron chi connectivity index (χ3n) is 4.35. The molecule has 0 aromatic carbocycles. The van der Waals surface area contributed by atoms with E-state index >= 15 is 0 Å². The van der Waals surface area contributed by atoms with Crippen molar-refractivity contribution in [2.45, 2.75) is 47.2 Å². The van der Waals surface area contributed by atoms with E-state index in [-0.39, 0.29) is 30.1 Å². The van der Waals surface area contributed by atoms with Gasteiger partial charge in [-0.15, -0.1) is 0 Å². The van der Waals surface area contributed by atoms with Crippen molar-refractivity contribution in [2.24, 2.45) is 4.99 Å². The molecule has 174 valence electrons. The fourth-order valence-electron chi connectivity index (χ4n) is 2.59. The molecule has 0 saturated heterocycles. The van der Waals surface area contributed by atoms with Crippen molar-refractivity contribution in [1.82, 2.24) is 5.32 Å². The number of hydrogen-bond acceptors (Lipinski definition) is 4. The van der Waals surface area contributed by atoms with Crippen molar-refractivity contribution in [2.75, 3.05) is 6.54 Å². The number of furan rings is 1. The van der Waals surface area contributed by atoms with Crippen molar-refractivity contribution in [3.63, 3.8) is 0 Å². The second-order valence-corrected chi connectivity index (χ2v) is 7.03. The van der Waals surface area contributed by atoms with E-state index < -0.39 is 17.7 Å². The number of aliphatic hydroxyl groups is 1. The summed E-state index contributed by atoms with van der Waals surface area (Å²) in [6.45, 7) is 8.03. The number of aliphatic imine (C=N–C) groups is 1. The normalized spacial score (nSPS) is 15.2. The molecule has 1 aromatic heterocycles. The van der Waals surface area contributed by atoms with Gasteiger partial charge in [-0.05, 0) is 52.3 Å². The van der Waals surface area contributed by atoms with Crippen LogP contribution in [0.1, 0.15) is 46.6 Å². The van der Waals surface area contributed by atoms with Gasteiger partial charge in [0.1, 0.15) is 5.76 Å². The van der Waals surface area contributed by atoms with Crippen molar-refractivity contribution in [3.05, 3.63) is 77.1 Å². The van der Waals surface area contributed by atoms with Gasteiger partial charge in [0.25, 0.3) is 0 Å². The second kappa shape index (κ2) is 12.5. The molecule has 1 amide bonds. The predicted molar refractivity (Wildman–Crippen MR) is 121 cm³/mol. The topological polar surface area (TPSA) is 74.8 Å². The lowest BCUT2D eigenvalue weighted by atomic mass is 10.0. The average molecular weight is 451 g/mol. The molecule has 0 unspecified atom stereocenters. The maximum Gasteiger partial charge on any atom is 0.418 e. The van der Waals surface area contributed by atoms with E-state index in [9.17, 15) is 23.1 Å². The smallest absolute Gasteiger partial charge is 0.418 e. The highest BCUT2D eigenvalue weighted by Gasteiger charge is 2.36. The summed E-state index contributed by atoms with van der Waals surface area (Å²) < 4.78 is 46.2. The molecule has 0 aliphatic heterocycles. The Bertz CT molecular complexity index is 957. The van der Waals surface area contributed by atoms with Crippen LogP contribution in [0.25, 0.3) is 5.57 Å². The highest BCUT2D eigenvalue weighted by molar-refractivity contribution is 6.02. The SMILES string of the molecule is C/C=C\C=C(/C)CNC(=O)CC(/N=C(C)/C(=C\C(=C/C)c1ccoc1)C(F)(F)F)=C(/C)O. The predicted octanol–water partition coefficient (Wildman–Crippen LogP) is 6.45.